The standard InChI is InChI=1S/C48H38N2O2S2/c1-31-25-32(2)28-36(27-31)53-44-23-12-11-22-43(44)50-42-21-10-8-18-40(42)46-41-20-14-19-39(47(41)49(48(46)50)35-15-6-5-7-16-35)38-17-9-13-24-45(38)54(51,52)37-29-33(3)26-34(4)30-37/h5-30H,1-4H3. The highest BCUT2D eigenvalue weighted by molar-refractivity contribution is 7.99. The van der Waals surface area contributed by atoms with Crippen LogP contribution < -0.4 is 0 Å². The number of hydrogen-bond acceptors (Lipinski definition) is 3. The molecule has 0 atom stereocenters. The topological polar surface area (TPSA) is 44.0 Å². The molecule has 2 heterocycles. The summed E-state index contributed by atoms with van der Waals surface area (Å²) in [6.45, 7) is 8.17. The maximum atomic E-state index is 14.6. The Morgan fingerprint density at radius 1 is 0.519 bits per heavy atom. The van der Waals surface area contributed by atoms with E-state index in [2.05, 4.69) is 132 Å². The Morgan fingerprint density at radius 3 is 1.87 bits per heavy atom. The smallest absolute Gasteiger partial charge is 0.207 e. The summed E-state index contributed by atoms with van der Waals surface area (Å²) in [5, 5.41) is 3.30. The molecule has 0 unspecified atom stereocenters. The van der Waals surface area contributed by atoms with E-state index in [1.165, 1.54) is 16.0 Å². The number of para-hydroxylation sites is 4. The van der Waals surface area contributed by atoms with Gasteiger partial charge in [0, 0.05) is 42.8 Å². The number of sulfone groups is 1. The van der Waals surface area contributed by atoms with Crippen LogP contribution in [0.15, 0.2) is 177 Å². The second-order valence-electron chi connectivity index (χ2n) is 14.1. The molecule has 0 spiro atoms. The van der Waals surface area contributed by atoms with Crippen LogP contribution in [-0.4, -0.2) is 17.6 Å². The highest BCUT2D eigenvalue weighted by atomic mass is 32.2. The molecule has 9 aromatic rings. The third-order valence-corrected chi connectivity index (χ3v) is 12.9. The predicted octanol–water partition coefficient (Wildman–Crippen LogP) is 12.6. The fourth-order valence-corrected chi connectivity index (χ4v) is 10.9. The van der Waals surface area contributed by atoms with Crippen LogP contribution in [0, 0.1) is 27.7 Å². The Balaban J connectivity index is 1.39. The number of aryl methyl sites for hydroxylation is 4. The van der Waals surface area contributed by atoms with Gasteiger partial charge in [0.25, 0.3) is 0 Å². The molecule has 0 aliphatic carbocycles. The molecule has 9 rings (SSSR count). The van der Waals surface area contributed by atoms with Gasteiger partial charge in [-0.05, 0) is 111 Å². The van der Waals surface area contributed by atoms with Crippen LogP contribution in [0.5, 0.6) is 0 Å². The minimum Gasteiger partial charge on any atom is -0.294 e. The molecule has 2 aromatic heterocycles. The van der Waals surface area contributed by atoms with E-state index in [9.17, 15) is 8.42 Å². The second kappa shape index (κ2) is 13.2. The van der Waals surface area contributed by atoms with Crippen molar-refractivity contribution in [3.8, 4) is 22.5 Å². The Labute approximate surface area is 320 Å². The average Bonchev–Trinajstić information content (AvgIpc) is 3.67. The first-order valence-electron chi connectivity index (χ1n) is 18.1. The van der Waals surface area contributed by atoms with Crippen molar-refractivity contribution in [1.82, 2.24) is 9.13 Å². The zero-order valence-corrected chi connectivity index (χ0v) is 32.2. The van der Waals surface area contributed by atoms with Crippen LogP contribution in [-0.2, 0) is 9.84 Å². The van der Waals surface area contributed by atoms with Crippen LogP contribution >= 0.6 is 11.8 Å². The molecule has 0 N–H and O–H groups in total. The lowest BCUT2D eigenvalue weighted by atomic mass is 10.0. The molecule has 4 nitrogen and oxygen atoms in total. The number of benzene rings is 7. The molecule has 0 fully saturated rings. The molecular weight excluding hydrogens is 701 g/mol. The maximum absolute atomic E-state index is 14.6. The lowest BCUT2D eigenvalue weighted by Gasteiger charge is -2.18. The SMILES string of the molecule is Cc1cc(C)cc(Sc2ccccc2-n2c3ccccc3c3c4cccc(-c5ccccc5S(=O)(=O)c5cc(C)cc(C)c5)c4n(-c4ccccc4)c32)c1. The number of nitrogens with zero attached hydrogens (tertiary/aromatic N) is 2. The van der Waals surface area contributed by atoms with Gasteiger partial charge in [-0.3, -0.25) is 9.13 Å². The Kier molecular flexibility index (Phi) is 8.33. The largest absolute Gasteiger partial charge is 0.294 e. The number of aromatic nitrogens is 2. The molecule has 0 aliphatic heterocycles. The molecule has 7 aromatic carbocycles. The Bertz CT molecular complexity index is 2990. The van der Waals surface area contributed by atoms with E-state index in [-0.39, 0.29) is 4.90 Å². The summed E-state index contributed by atoms with van der Waals surface area (Å²) in [5.41, 5.74) is 11.0. The first kappa shape index (κ1) is 34.0. The fraction of sp³-hybridized carbons (Fsp3) is 0.0833. The van der Waals surface area contributed by atoms with Crippen LogP contribution in [0.3, 0.4) is 0 Å². The van der Waals surface area contributed by atoms with Crippen LogP contribution in [0.1, 0.15) is 22.3 Å². The minimum absolute atomic E-state index is 0.288. The summed E-state index contributed by atoms with van der Waals surface area (Å²) in [6, 6.07) is 53.6. The van der Waals surface area contributed by atoms with E-state index in [4.69, 9.17) is 0 Å². The molecule has 6 heteroatoms. The van der Waals surface area contributed by atoms with E-state index < -0.39 is 9.84 Å². The van der Waals surface area contributed by atoms with Crippen molar-refractivity contribution in [2.75, 3.05) is 0 Å². The Hall–Kier alpha value is -5.82. The number of hydrogen-bond donors (Lipinski definition) is 0. The quantitative estimate of drug-likeness (QED) is 0.164. The molecule has 54 heavy (non-hydrogen) atoms. The molecule has 0 aliphatic rings. The number of fused-ring (bicyclic) bond motifs is 5. The normalized spacial score (nSPS) is 11.9. The van der Waals surface area contributed by atoms with Gasteiger partial charge in [0.2, 0.25) is 9.84 Å². The van der Waals surface area contributed by atoms with Gasteiger partial charge in [-0.25, -0.2) is 8.42 Å². The second-order valence-corrected chi connectivity index (χ2v) is 17.2. The van der Waals surface area contributed by atoms with Gasteiger partial charge in [-0.15, -0.1) is 0 Å². The van der Waals surface area contributed by atoms with Crippen molar-refractivity contribution >= 4 is 54.4 Å². The van der Waals surface area contributed by atoms with Gasteiger partial charge < -0.3 is 0 Å². The minimum atomic E-state index is -3.87. The van der Waals surface area contributed by atoms with Gasteiger partial charge in [0.05, 0.1) is 26.5 Å². The predicted molar refractivity (Wildman–Crippen MR) is 224 cm³/mol. The van der Waals surface area contributed by atoms with E-state index in [0.717, 1.165) is 65.8 Å². The van der Waals surface area contributed by atoms with Gasteiger partial charge in [0.15, 0.2) is 0 Å². The molecule has 0 radical (unpaired) electrons. The monoisotopic (exact) mass is 738 g/mol. The van der Waals surface area contributed by atoms with Crippen molar-refractivity contribution in [1.29, 1.82) is 0 Å². The lowest BCUT2D eigenvalue weighted by molar-refractivity contribution is 0.596. The van der Waals surface area contributed by atoms with Gasteiger partial charge in [-0.1, -0.05) is 109 Å². The average molecular weight is 739 g/mol. The molecule has 264 valence electrons. The fourth-order valence-electron chi connectivity index (χ4n) is 8.07. The highest BCUT2D eigenvalue weighted by Crippen LogP contribution is 2.46. The molecular formula is C48H38N2O2S2. The first-order valence-corrected chi connectivity index (χ1v) is 20.4. The van der Waals surface area contributed by atoms with E-state index in [1.807, 2.05) is 44.2 Å². The van der Waals surface area contributed by atoms with Gasteiger partial charge in [-0.2, -0.15) is 0 Å². The third kappa shape index (κ3) is 5.65. The third-order valence-electron chi connectivity index (χ3n) is 10.1. The van der Waals surface area contributed by atoms with Gasteiger partial charge in [0.1, 0.15) is 5.65 Å². The van der Waals surface area contributed by atoms with Crippen LogP contribution in [0.2, 0.25) is 0 Å². The first-order chi connectivity index (χ1) is 26.2. The van der Waals surface area contributed by atoms with Gasteiger partial charge >= 0.3 is 0 Å². The van der Waals surface area contributed by atoms with Crippen LogP contribution in [0.25, 0.3) is 55.3 Å². The summed E-state index contributed by atoms with van der Waals surface area (Å²) in [5.74, 6) is 0. The number of rotatable bonds is 7. The van der Waals surface area contributed by atoms with E-state index in [0.29, 0.717) is 10.5 Å². The zero-order valence-electron chi connectivity index (χ0n) is 30.5. The molecule has 0 amide bonds. The lowest BCUT2D eigenvalue weighted by Crippen LogP contribution is -2.06. The molecule has 0 saturated heterocycles. The van der Waals surface area contributed by atoms with Crippen molar-refractivity contribution < 1.29 is 8.42 Å². The summed E-state index contributed by atoms with van der Waals surface area (Å²) >= 11 is 1.77. The summed E-state index contributed by atoms with van der Waals surface area (Å²) in [6.07, 6.45) is 0. The Morgan fingerprint density at radius 2 is 1.11 bits per heavy atom. The molecule has 0 saturated carbocycles. The van der Waals surface area contributed by atoms with Crippen molar-refractivity contribution in [2.24, 2.45) is 0 Å². The summed E-state index contributed by atoms with van der Waals surface area (Å²) in [7, 11) is -3.87. The maximum Gasteiger partial charge on any atom is 0.207 e. The van der Waals surface area contributed by atoms with Crippen LogP contribution in [0.4, 0.5) is 0 Å². The summed E-state index contributed by atoms with van der Waals surface area (Å²) in [4.78, 5) is 2.93. The highest BCUT2D eigenvalue weighted by Gasteiger charge is 2.28. The van der Waals surface area contributed by atoms with Crippen molar-refractivity contribution in [3.05, 3.63) is 180 Å². The summed E-state index contributed by atoms with van der Waals surface area (Å²) < 4.78 is 33.9. The van der Waals surface area contributed by atoms with E-state index in [1.54, 1.807) is 30.0 Å². The van der Waals surface area contributed by atoms with Crippen molar-refractivity contribution in [2.45, 2.75) is 47.3 Å². The zero-order chi connectivity index (χ0) is 37.1. The van der Waals surface area contributed by atoms with Crippen molar-refractivity contribution in [3.63, 3.8) is 0 Å². The molecule has 0 bridgehead atoms. The van der Waals surface area contributed by atoms with E-state index >= 15 is 0 Å².